The molecule has 1 aromatic rings. The van der Waals surface area contributed by atoms with Crippen molar-refractivity contribution in [3.8, 4) is 0 Å². The Labute approximate surface area is 136 Å². The second-order valence-corrected chi connectivity index (χ2v) is 5.86. The molecule has 0 radical (unpaired) electrons. The molecule has 0 spiro atoms. The molecule has 2 rings (SSSR count). The lowest BCUT2D eigenvalue weighted by atomic mass is 10.3. The summed E-state index contributed by atoms with van der Waals surface area (Å²) in [5, 5.41) is 16.2. The lowest BCUT2D eigenvalue weighted by molar-refractivity contribution is 0.250. The van der Waals surface area contributed by atoms with Gasteiger partial charge in [-0.1, -0.05) is 0 Å². The Bertz CT molecular complexity index is 541. The van der Waals surface area contributed by atoms with Gasteiger partial charge >= 0.3 is 6.03 Å². The van der Waals surface area contributed by atoms with Gasteiger partial charge in [-0.3, -0.25) is 5.32 Å². The molecular weight excluding hydrogens is 294 g/mol. The van der Waals surface area contributed by atoms with Gasteiger partial charge in [0.15, 0.2) is 0 Å². The van der Waals surface area contributed by atoms with Crippen LogP contribution in [0.15, 0.2) is 6.33 Å². The number of nitrogens with zero attached hydrogens (tertiary/aromatic N) is 3. The van der Waals surface area contributed by atoms with Gasteiger partial charge in [-0.15, -0.1) is 0 Å². The lowest BCUT2D eigenvalue weighted by Gasteiger charge is -2.16. The highest BCUT2D eigenvalue weighted by Crippen LogP contribution is 2.17. The Morgan fingerprint density at radius 1 is 1.35 bits per heavy atom. The quantitative estimate of drug-likeness (QED) is 0.570. The first-order valence-electron chi connectivity index (χ1n) is 7.99. The Morgan fingerprint density at radius 3 is 2.70 bits per heavy atom. The van der Waals surface area contributed by atoms with Crippen molar-refractivity contribution in [1.29, 1.82) is 5.41 Å². The maximum absolute atomic E-state index is 11.8. The smallest absolute Gasteiger partial charge is 0.320 e. The van der Waals surface area contributed by atoms with E-state index in [1.807, 2.05) is 13.8 Å². The first-order valence-corrected chi connectivity index (χ1v) is 7.99. The number of hydrogen-bond donors (Lipinski definition) is 4. The van der Waals surface area contributed by atoms with Crippen LogP contribution < -0.4 is 16.0 Å². The monoisotopic (exact) mass is 319 g/mol. The van der Waals surface area contributed by atoms with Gasteiger partial charge in [-0.2, -0.15) is 0 Å². The second-order valence-electron chi connectivity index (χ2n) is 5.86. The fourth-order valence-electron chi connectivity index (χ4n) is 2.52. The summed E-state index contributed by atoms with van der Waals surface area (Å²) >= 11 is 0. The van der Waals surface area contributed by atoms with Crippen LogP contribution in [-0.4, -0.2) is 59.3 Å². The van der Waals surface area contributed by atoms with Gasteiger partial charge in [-0.05, 0) is 39.8 Å². The van der Waals surface area contributed by atoms with Crippen LogP contribution in [-0.2, 0) is 0 Å². The molecule has 0 unspecified atom stereocenters. The zero-order valence-electron chi connectivity index (χ0n) is 13.7. The first kappa shape index (κ1) is 17.1. The lowest BCUT2D eigenvalue weighted by Crippen LogP contribution is -2.34. The normalized spacial score (nSPS) is 14.7. The van der Waals surface area contributed by atoms with Gasteiger partial charge in [0.05, 0.1) is 5.56 Å². The summed E-state index contributed by atoms with van der Waals surface area (Å²) < 4.78 is 0. The van der Waals surface area contributed by atoms with E-state index >= 15 is 0 Å². The summed E-state index contributed by atoms with van der Waals surface area (Å²) in [5.41, 5.74) is 0.479. The van der Waals surface area contributed by atoms with Crippen LogP contribution in [0.4, 0.5) is 16.4 Å². The van der Waals surface area contributed by atoms with Crippen molar-refractivity contribution in [1.82, 2.24) is 20.2 Å². The van der Waals surface area contributed by atoms with Gasteiger partial charge in [0.25, 0.3) is 0 Å². The zero-order valence-corrected chi connectivity index (χ0v) is 13.7. The summed E-state index contributed by atoms with van der Waals surface area (Å²) in [6.45, 7) is 7.73. The second kappa shape index (κ2) is 8.42. The summed E-state index contributed by atoms with van der Waals surface area (Å²) in [7, 11) is 0. The van der Waals surface area contributed by atoms with Crippen molar-refractivity contribution in [3.63, 3.8) is 0 Å². The Kier molecular flexibility index (Phi) is 6.28. The van der Waals surface area contributed by atoms with E-state index in [1.54, 1.807) is 0 Å². The van der Waals surface area contributed by atoms with Gasteiger partial charge in [0.2, 0.25) is 0 Å². The number of nitrogens with one attached hydrogen (secondary N) is 4. The molecule has 23 heavy (non-hydrogen) atoms. The van der Waals surface area contributed by atoms with Crippen LogP contribution in [0.5, 0.6) is 0 Å². The molecule has 2 amide bonds. The van der Waals surface area contributed by atoms with E-state index in [1.165, 1.54) is 19.2 Å². The molecule has 2 heterocycles. The third kappa shape index (κ3) is 5.17. The number of carbonyl (C=O) groups is 1. The molecule has 0 saturated carbocycles. The molecule has 1 aliphatic rings. The molecule has 1 fully saturated rings. The van der Waals surface area contributed by atoms with Gasteiger partial charge < -0.3 is 20.9 Å². The highest BCUT2D eigenvalue weighted by Gasteiger charge is 2.14. The van der Waals surface area contributed by atoms with E-state index < -0.39 is 0 Å². The molecule has 0 atom stereocenters. The van der Waals surface area contributed by atoms with Crippen LogP contribution in [0.1, 0.15) is 32.3 Å². The average molecular weight is 319 g/mol. The van der Waals surface area contributed by atoms with Gasteiger partial charge in [-0.25, -0.2) is 14.8 Å². The van der Waals surface area contributed by atoms with Crippen LogP contribution in [0.25, 0.3) is 0 Å². The summed E-state index contributed by atoms with van der Waals surface area (Å²) in [6.07, 6.45) is 5.07. The van der Waals surface area contributed by atoms with Crippen molar-refractivity contribution in [3.05, 3.63) is 11.9 Å². The molecule has 0 aromatic carbocycles. The molecule has 8 nitrogen and oxygen atoms in total. The van der Waals surface area contributed by atoms with Crippen molar-refractivity contribution in [2.45, 2.75) is 32.7 Å². The van der Waals surface area contributed by atoms with E-state index in [0.717, 1.165) is 32.4 Å². The Balaban J connectivity index is 1.97. The van der Waals surface area contributed by atoms with Crippen molar-refractivity contribution in [2.75, 3.05) is 36.8 Å². The molecule has 4 N–H and O–H groups in total. The minimum atomic E-state index is -0.343. The summed E-state index contributed by atoms with van der Waals surface area (Å²) in [5.74, 6) is 0.894. The zero-order chi connectivity index (χ0) is 16.7. The molecule has 8 heteroatoms. The third-order valence-electron chi connectivity index (χ3n) is 3.60. The number of hydrogen-bond acceptors (Lipinski definition) is 6. The maximum atomic E-state index is 11.8. The van der Waals surface area contributed by atoms with E-state index in [0.29, 0.717) is 17.2 Å². The van der Waals surface area contributed by atoms with E-state index in [4.69, 9.17) is 5.41 Å². The van der Waals surface area contributed by atoms with Crippen LogP contribution in [0, 0.1) is 5.41 Å². The highest BCUT2D eigenvalue weighted by molar-refractivity contribution is 5.97. The number of rotatable bonds is 7. The van der Waals surface area contributed by atoms with Crippen LogP contribution >= 0.6 is 0 Å². The molecule has 0 bridgehead atoms. The molecule has 0 aliphatic carbocycles. The number of aromatic nitrogens is 2. The van der Waals surface area contributed by atoms with E-state index in [9.17, 15) is 4.79 Å². The molecule has 1 aromatic heterocycles. The maximum Gasteiger partial charge on any atom is 0.320 e. The van der Waals surface area contributed by atoms with E-state index in [2.05, 4.69) is 30.8 Å². The number of likely N-dealkylation sites (tertiary alicyclic amines) is 1. The number of amides is 2. The third-order valence-corrected chi connectivity index (χ3v) is 3.60. The highest BCUT2D eigenvalue weighted by atomic mass is 16.2. The van der Waals surface area contributed by atoms with Crippen LogP contribution in [0.2, 0.25) is 0 Å². The van der Waals surface area contributed by atoms with Gasteiger partial charge in [0, 0.05) is 25.3 Å². The predicted molar refractivity (Wildman–Crippen MR) is 91.4 cm³/mol. The Hall–Kier alpha value is -2.22. The molecule has 126 valence electrons. The standard InChI is InChI=1S/C15H25N7O/c1-11(2)20-15(23)21-14-12(9-16)13(18-10-19-14)17-5-8-22-6-3-4-7-22/h9-11,16H,3-8H2,1-2H3,(H3,17,18,19,20,21,23). The number of urea groups is 1. The average Bonchev–Trinajstić information content (AvgIpc) is 3.00. The van der Waals surface area contributed by atoms with Gasteiger partial charge in [0.1, 0.15) is 18.0 Å². The predicted octanol–water partition coefficient (Wildman–Crippen LogP) is 1.51. The van der Waals surface area contributed by atoms with E-state index in [-0.39, 0.29) is 12.1 Å². The molecule has 1 aliphatic heterocycles. The molecule has 1 saturated heterocycles. The van der Waals surface area contributed by atoms with Crippen molar-refractivity contribution in [2.24, 2.45) is 0 Å². The topological polar surface area (TPSA) is 106 Å². The van der Waals surface area contributed by atoms with Crippen molar-refractivity contribution >= 4 is 23.9 Å². The van der Waals surface area contributed by atoms with Crippen LogP contribution in [0.3, 0.4) is 0 Å². The number of carbonyl (C=O) groups excluding carboxylic acids is 1. The fourth-order valence-corrected chi connectivity index (χ4v) is 2.52. The number of anilines is 2. The first-order chi connectivity index (χ1) is 11.1. The minimum Gasteiger partial charge on any atom is -0.368 e. The largest absolute Gasteiger partial charge is 0.368 e. The summed E-state index contributed by atoms with van der Waals surface area (Å²) in [4.78, 5) is 22.4. The Morgan fingerprint density at radius 2 is 2.04 bits per heavy atom. The summed E-state index contributed by atoms with van der Waals surface area (Å²) in [6, 6.07) is -0.317. The minimum absolute atomic E-state index is 0.0262. The fraction of sp³-hybridized carbons (Fsp3) is 0.600. The molecular formula is C15H25N7O. The SMILES string of the molecule is CC(C)NC(=O)Nc1ncnc(NCCN2CCCC2)c1C=N. The van der Waals surface area contributed by atoms with Crippen molar-refractivity contribution < 1.29 is 4.79 Å².